The van der Waals surface area contributed by atoms with E-state index in [1.807, 2.05) is 22.9 Å². The molecule has 1 N–H and O–H groups in total. The number of carbonyl (C=O) groups is 2. The van der Waals surface area contributed by atoms with Crippen molar-refractivity contribution in [1.82, 2.24) is 19.7 Å². The topological polar surface area (TPSA) is 107 Å². The van der Waals surface area contributed by atoms with Crippen LogP contribution in [0.25, 0.3) is 11.4 Å². The van der Waals surface area contributed by atoms with Crippen LogP contribution in [0.1, 0.15) is 51.2 Å². The molecule has 4 heterocycles. The number of nitrogens with zero attached hydrogens (tertiary/aromatic N) is 4. The van der Waals surface area contributed by atoms with Crippen LogP contribution in [0.5, 0.6) is 5.75 Å². The molecule has 0 bridgehead atoms. The van der Waals surface area contributed by atoms with E-state index in [0.717, 1.165) is 50.1 Å². The van der Waals surface area contributed by atoms with Crippen LogP contribution in [0.2, 0.25) is 0 Å². The van der Waals surface area contributed by atoms with Crippen molar-refractivity contribution < 1.29 is 24.2 Å². The number of likely N-dealkylation sites (tertiary alicyclic amines) is 1. The third-order valence-corrected chi connectivity index (χ3v) is 6.10. The number of aromatic nitrogens is 3. The number of carbonyl (C=O) groups excluding carboxylic acids is 1. The zero-order valence-electron chi connectivity index (χ0n) is 18.2. The maximum Gasteiger partial charge on any atom is 0.303 e. The largest absolute Gasteiger partial charge is 0.492 e. The minimum atomic E-state index is -0.937. The quantitative estimate of drug-likeness (QED) is 0.669. The maximum absolute atomic E-state index is 12.1. The second kappa shape index (κ2) is 10.6. The van der Waals surface area contributed by atoms with Gasteiger partial charge in [-0.2, -0.15) is 5.10 Å². The predicted octanol–water partition coefficient (Wildman–Crippen LogP) is 3.13. The van der Waals surface area contributed by atoms with Gasteiger partial charge in [0.25, 0.3) is 0 Å². The molecule has 2 aliphatic heterocycles. The van der Waals surface area contributed by atoms with Crippen LogP contribution in [0.3, 0.4) is 0 Å². The SMILES string of the molecule is O=C(O)CCC(=O)N1CCC(COc2ccc(-c3ccnn3C3CCCCO3)nc2)CC1. The Hall–Kier alpha value is -2.94. The molecule has 9 nitrogen and oxygen atoms in total. The smallest absolute Gasteiger partial charge is 0.303 e. The van der Waals surface area contributed by atoms with E-state index in [-0.39, 0.29) is 25.0 Å². The van der Waals surface area contributed by atoms with Crippen molar-refractivity contribution in [3.8, 4) is 17.1 Å². The van der Waals surface area contributed by atoms with E-state index in [2.05, 4.69) is 10.1 Å². The van der Waals surface area contributed by atoms with E-state index < -0.39 is 5.97 Å². The number of piperidine rings is 1. The molecular weight excluding hydrogens is 412 g/mol. The summed E-state index contributed by atoms with van der Waals surface area (Å²) in [6, 6.07) is 5.81. The highest BCUT2D eigenvalue weighted by atomic mass is 16.5. The van der Waals surface area contributed by atoms with Crippen LogP contribution in [0.4, 0.5) is 0 Å². The average molecular weight is 443 g/mol. The summed E-state index contributed by atoms with van der Waals surface area (Å²) in [5.41, 5.74) is 1.76. The number of hydrogen-bond donors (Lipinski definition) is 1. The molecule has 0 aliphatic carbocycles. The number of carboxylic acid groups (broad SMARTS) is 1. The fourth-order valence-electron chi connectivity index (χ4n) is 4.22. The van der Waals surface area contributed by atoms with Crippen LogP contribution in [-0.2, 0) is 14.3 Å². The van der Waals surface area contributed by atoms with Gasteiger partial charge in [-0.15, -0.1) is 0 Å². The van der Waals surface area contributed by atoms with Crippen molar-refractivity contribution in [1.29, 1.82) is 0 Å². The molecule has 32 heavy (non-hydrogen) atoms. The predicted molar refractivity (Wildman–Crippen MR) is 116 cm³/mol. The van der Waals surface area contributed by atoms with Crippen LogP contribution in [0, 0.1) is 5.92 Å². The van der Waals surface area contributed by atoms with Gasteiger partial charge in [-0.3, -0.25) is 14.6 Å². The van der Waals surface area contributed by atoms with Crippen LogP contribution >= 0.6 is 0 Å². The highest BCUT2D eigenvalue weighted by Gasteiger charge is 2.24. The number of aliphatic carboxylic acids is 1. The lowest BCUT2D eigenvalue weighted by molar-refractivity contribution is -0.141. The fourth-order valence-corrected chi connectivity index (χ4v) is 4.22. The zero-order chi connectivity index (χ0) is 22.3. The number of ether oxygens (including phenoxy) is 2. The molecule has 2 aliphatic rings. The number of amides is 1. The minimum absolute atomic E-state index is 0.0339. The Kier molecular flexibility index (Phi) is 7.36. The first kappa shape index (κ1) is 22.3. The van der Waals surface area contributed by atoms with Gasteiger partial charge in [0.1, 0.15) is 5.75 Å². The first-order valence-electron chi connectivity index (χ1n) is 11.3. The molecule has 0 radical (unpaired) electrons. The first-order valence-corrected chi connectivity index (χ1v) is 11.3. The lowest BCUT2D eigenvalue weighted by atomic mass is 9.97. The van der Waals surface area contributed by atoms with Crippen LogP contribution < -0.4 is 4.74 Å². The van der Waals surface area contributed by atoms with Crippen molar-refractivity contribution in [2.75, 3.05) is 26.3 Å². The van der Waals surface area contributed by atoms with Gasteiger partial charge >= 0.3 is 5.97 Å². The van der Waals surface area contributed by atoms with E-state index >= 15 is 0 Å². The first-order chi connectivity index (χ1) is 15.6. The van der Waals surface area contributed by atoms with E-state index in [9.17, 15) is 9.59 Å². The Labute approximate surface area is 187 Å². The summed E-state index contributed by atoms with van der Waals surface area (Å²) >= 11 is 0. The second-order valence-electron chi connectivity index (χ2n) is 8.39. The van der Waals surface area contributed by atoms with Crippen molar-refractivity contribution in [2.45, 2.75) is 51.2 Å². The molecule has 2 aromatic rings. The van der Waals surface area contributed by atoms with Crippen molar-refractivity contribution in [3.63, 3.8) is 0 Å². The van der Waals surface area contributed by atoms with Gasteiger partial charge in [-0.1, -0.05) is 0 Å². The highest BCUT2D eigenvalue weighted by Crippen LogP contribution is 2.28. The summed E-state index contributed by atoms with van der Waals surface area (Å²) in [4.78, 5) is 29.0. The molecule has 9 heteroatoms. The molecule has 1 atom stereocenters. The van der Waals surface area contributed by atoms with Gasteiger partial charge in [0.05, 0.1) is 30.6 Å². The Morgan fingerprint density at radius 2 is 1.97 bits per heavy atom. The average Bonchev–Trinajstić information content (AvgIpc) is 3.32. The van der Waals surface area contributed by atoms with Gasteiger partial charge in [0, 0.05) is 32.3 Å². The van der Waals surface area contributed by atoms with Crippen LogP contribution in [-0.4, -0.2) is 63.0 Å². The molecular formula is C23H30N4O5. The molecule has 0 aromatic carbocycles. The van der Waals surface area contributed by atoms with Crippen LogP contribution in [0.15, 0.2) is 30.6 Å². The summed E-state index contributed by atoms with van der Waals surface area (Å²) in [7, 11) is 0. The molecule has 172 valence electrons. The molecule has 2 saturated heterocycles. The molecule has 1 amide bonds. The third kappa shape index (κ3) is 5.64. The highest BCUT2D eigenvalue weighted by molar-refractivity contribution is 5.80. The number of hydrogen-bond acceptors (Lipinski definition) is 6. The summed E-state index contributed by atoms with van der Waals surface area (Å²) in [6.45, 7) is 2.64. The summed E-state index contributed by atoms with van der Waals surface area (Å²) in [5, 5.41) is 13.2. The number of rotatable bonds is 8. The van der Waals surface area contributed by atoms with Gasteiger partial charge in [-0.25, -0.2) is 4.68 Å². The summed E-state index contributed by atoms with van der Waals surface area (Å²) < 4.78 is 13.7. The monoisotopic (exact) mass is 442 g/mol. The van der Waals surface area contributed by atoms with Gasteiger partial charge in [-0.05, 0) is 56.2 Å². The zero-order valence-corrected chi connectivity index (χ0v) is 18.2. The summed E-state index contributed by atoms with van der Waals surface area (Å²) in [6.07, 6.45) is 8.33. The minimum Gasteiger partial charge on any atom is -0.492 e. The Morgan fingerprint density at radius 3 is 2.66 bits per heavy atom. The van der Waals surface area contributed by atoms with E-state index in [4.69, 9.17) is 14.6 Å². The van der Waals surface area contributed by atoms with Gasteiger partial charge in [0.2, 0.25) is 5.91 Å². The Morgan fingerprint density at radius 1 is 1.12 bits per heavy atom. The van der Waals surface area contributed by atoms with E-state index in [1.165, 1.54) is 0 Å². The lowest BCUT2D eigenvalue weighted by Crippen LogP contribution is -2.39. The number of carboxylic acids is 1. The summed E-state index contributed by atoms with van der Waals surface area (Å²) in [5.74, 6) is 0.0641. The maximum atomic E-state index is 12.1. The van der Waals surface area contributed by atoms with Gasteiger partial charge < -0.3 is 19.5 Å². The van der Waals surface area contributed by atoms with Crippen molar-refractivity contribution in [3.05, 3.63) is 30.6 Å². The second-order valence-corrected chi connectivity index (χ2v) is 8.39. The van der Waals surface area contributed by atoms with E-state index in [0.29, 0.717) is 31.4 Å². The normalized spacial score (nSPS) is 19.6. The fraction of sp³-hybridized carbons (Fsp3) is 0.565. The number of pyridine rings is 1. The van der Waals surface area contributed by atoms with Gasteiger partial charge in [0.15, 0.2) is 6.23 Å². The van der Waals surface area contributed by atoms with Crippen molar-refractivity contribution >= 4 is 11.9 Å². The molecule has 0 saturated carbocycles. The Bertz CT molecular complexity index is 899. The molecule has 1 unspecified atom stereocenters. The Balaban J connectivity index is 1.25. The van der Waals surface area contributed by atoms with Crippen molar-refractivity contribution in [2.24, 2.45) is 5.92 Å². The lowest BCUT2D eigenvalue weighted by Gasteiger charge is -2.31. The molecule has 0 spiro atoms. The molecule has 2 aromatic heterocycles. The standard InChI is InChI=1S/C23H30N4O5/c28-21(6-7-23(29)30)26-12-9-17(10-13-26)16-32-18-4-5-19(24-15-18)20-8-11-25-27(20)22-3-1-2-14-31-22/h4-5,8,11,15,17,22H,1-3,6-7,9-10,12-14,16H2,(H,29,30). The molecule has 2 fully saturated rings. The molecule has 4 rings (SSSR count). The van der Waals surface area contributed by atoms with E-state index in [1.54, 1.807) is 17.3 Å². The third-order valence-electron chi connectivity index (χ3n) is 6.10.